The van der Waals surface area contributed by atoms with E-state index >= 15 is 4.39 Å². The SMILES string of the molecule is Cc1c(N2CC(C)(C)CC2=O)nc2cc(F)cc(F)c2c1Nc1cc(N2CCOCC2)ncc1-c1cncnc1. The molecule has 2 saturated heterocycles. The lowest BCUT2D eigenvalue weighted by Crippen LogP contribution is -2.36. The summed E-state index contributed by atoms with van der Waals surface area (Å²) in [7, 11) is 0. The maximum atomic E-state index is 15.4. The number of nitrogens with one attached hydrogen (secondary N) is 1. The van der Waals surface area contributed by atoms with E-state index < -0.39 is 11.6 Å². The molecule has 9 nitrogen and oxygen atoms in total. The van der Waals surface area contributed by atoms with Crippen molar-refractivity contribution in [2.45, 2.75) is 27.2 Å². The second-order valence-corrected chi connectivity index (χ2v) is 11.0. The van der Waals surface area contributed by atoms with Gasteiger partial charge in [0.2, 0.25) is 5.91 Å². The fourth-order valence-electron chi connectivity index (χ4n) is 5.40. The van der Waals surface area contributed by atoms with Gasteiger partial charge in [-0.1, -0.05) is 13.8 Å². The Morgan fingerprint density at radius 2 is 1.80 bits per heavy atom. The molecule has 3 aromatic heterocycles. The first-order chi connectivity index (χ1) is 19.2. The molecule has 0 spiro atoms. The largest absolute Gasteiger partial charge is 0.378 e. The zero-order chi connectivity index (χ0) is 28.0. The fourth-order valence-corrected chi connectivity index (χ4v) is 5.40. The molecule has 1 amide bonds. The number of halogens is 2. The van der Waals surface area contributed by atoms with Crippen LogP contribution in [0.1, 0.15) is 25.8 Å². The van der Waals surface area contributed by atoms with E-state index in [-0.39, 0.29) is 22.2 Å². The van der Waals surface area contributed by atoms with Crippen molar-refractivity contribution in [3.8, 4) is 11.1 Å². The number of nitrogens with zero attached hydrogens (tertiary/aromatic N) is 6. The first-order valence-electron chi connectivity index (χ1n) is 13.1. The number of benzene rings is 1. The molecule has 0 bridgehead atoms. The summed E-state index contributed by atoms with van der Waals surface area (Å²) < 4.78 is 35.3. The Morgan fingerprint density at radius 1 is 1.05 bits per heavy atom. The molecule has 0 unspecified atom stereocenters. The van der Waals surface area contributed by atoms with Crippen molar-refractivity contribution in [1.82, 2.24) is 19.9 Å². The maximum absolute atomic E-state index is 15.4. The second-order valence-electron chi connectivity index (χ2n) is 11.0. The number of hydrogen-bond donors (Lipinski definition) is 1. The third-order valence-corrected chi connectivity index (χ3v) is 7.35. The van der Waals surface area contributed by atoms with Gasteiger partial charge in [-0.2, -0.15) is 0 Å². The maximum Gasteiger partial charge on any atom is 0.228 e. The minimum atomic E-state index is -0.750. The van der Waals surface area contributed by atoms with Crippen molar-refractivity contribution < 1.29 is 18.3 Å². The first kappa shape index (κ1) is 26.0. The van der Waals surface area contributed by atoms with Gasteiger partial charge in [0.15, 0.2) is 0 Å². The van der Waals surface area contributed by atoms with Crippen LogP contribution in [0.5, 0.6) is 0 Å². The van der Waals surface area contributed by atoms with Gasteiger partial charge in [-0.15, -0.1) is 0 Å². The molecule has 0 atom stereocenters. The van der Waals surface area contributed by atoms with Crippen LogP contribution in [-0.2, 0) is 9.53 Å². The van der Waals surface area contributed by atoms with Gasteiger partial charge >= 0.3 is 0 Å². The minimum absolute atomic E-state index is 0.0802. The first-order valence-corrected chi connectivity index (χ1v) is 13.1. The van der Waals surface area contributed by atoms with Crippen molar-refractivity contribution in [1.29, 1.82) is 0 Å². The Morgan fingerprint density at radius 3 is 2.50 bits per heavy atom. The fraction of sp³-hybridized carbons (Fsp3) is 0.345. The number of aromatic nitrogens is 4. The zero-order valence-corrected chi connectivity index (χ0v) is 22.5. The van der Waals surface area contributed by atoms with Crippen LogP contribution in [0.25, 0.3) is 22.0 Å². The summed E-state index contributed by atoms with van der Waals surface area (Å²) in [6.45, 7) is 8.81. The third kappa shape index (κ3) is 4.81. The lowest BCUT2D eigenvalue weighted by molar-refractivity contribution is -0.117. The van der Waals surface area contributed by atoms with Crippen LogP contribution in [-0.4, -0.2) is 58.7 Å². The van der Waals surface area contributed by atoms with Crippen molar-refractivity contribution in [3.05, 3.63) is 60.3 Å². The molecule has 1 aromatic carbocycles. The summed E-state index contributed by atoms with van der Waals surface area (Å²) in [5.74, 6) is -0.469. The lowest BCUT2D eigenvalue weighted by atomic mass is 9.93. The number of morpholine rings is 1. The highest BCUT2D eigenvalue weighted by Gasteiger charge is 2.38. The number of carbonyl (C=O) groups excluding carboxylic acids is 1. The molecule has 1 N–H and O–H groups in total. The van der Waals surface area contributed by atoms with Gasteiger partial charge in [-0.3, -0.25) is 9.69 Å². The summed E-state index contributed by atoms with van der Waals surface area (Å²) in [6, 6.07) is 3.93. The average molecular weight is 546 g/mol. The van der Waals surface area contributed by atoms with Gasteiger partial charge < -0.3 is 15.0 Å². The van der Waals surface area contributed by atoms with Crippen molar-refractivity contribution in [2.75, 3.05) is 48.0 Å². The Hall–Kier alpha value is -4.25. The number of ether oxygens (including phenoxy) is 1. The Labute approximate surface area is 230 Å². The number of anilines is 4. The molecule has 6 rings (SSSR count). The van der Waals surface area contributed by atoms with Crippen LogP contribution >= 0.6 is 0 Å². The van der Waals surface area contributed by atoms with E-state index in [0.717, 1.165) is 11.9 Å². The molecule has 2 aliphatic heterocycles. The predicted molar refractivity (Wildman–Crippen MR) is 149 cm³/mol. The summed E-state index contributed by atoms with van der Waals surface area (Å²) in [5.41, 5.74) is 2.88. The number of amides is 1. The quantitative estimate of drug-likeness (QED) is 0.374. The van der Waals surface area contributed by atoms with E-state index in [4.69, 9.17) is 4.74 Å². The molecule has 5 heterocycles. The monoisotopic (exact) mass is 545 g/mol. The molecule has 206 valence electrons. The molecule has 2 aliphatic rings. The lowest BCUT2D eigenvalue weighted by Gasteiger charge is -2.29. The standard InChI is InChI=1S/C29H29F2N7O2/c1-17-27(26-21(31)8-19(30)9-23(26)36-28(17)38-15-29(2,3)11-25(38)39)35-22-10-24(37-4-6-40-7-5-37)34-14-20(22)18-12-32-16-33-13-18/h8-10,12-14,16H,4-7,11,15H2,1-3H3,(H,34,35,36). The summed E-state index contributed by atoms with van der Waals surface area (Å²) in [6.07, 6.45) is 6.88. The number of rotatable bonds is 5. The topological polar surface area (TPSA) is 96.4 Å². The van der Waals surface area contributed by atoms with Gasteiger partial charge in [0.05, 0.1) is 35.5 Å². The predicted octanol–water partition coefficient (Wildman–Crippen LogP) is 5.02. The van der Waals surface area contributed by atoms with Gasteiger partial charge in [0.1, 0.15) is 29.6 Å². The van der Waals surface area contributed by atoms with Crippen molar-refractivity contribution >= 4 is 39.8 Å². The number of fused-ring (bicyclic) bond motifs is 1. The highest BCUT2D eigenvalue weighted by atomic mass is 19.1. The van der Waals surface area contributed by atoms with E-state index in [2.05, 4.69) is 30.2 Å². The molecule has 2 fully saturated rings. The second kappa shape index (κ2) is 10.1. The van der Waals surface area contributed by atoms with E-state index in [0.29, 0.717) is 73.2 Å². The third-order valence-electron chi connectivity index (χ3n) is 7.35. The summed E-state index contributed by atoms with van der Waals surface area (Å²) in [4.78, 5) is 34.3. The van der Waals surface area contributed by atoms with Crippen LogP contribution in [0.4, 0.5) is 31.8 Å². The van der Waals surface area contributed by atoms with Gasteiger partial charge in [0.25, 0.3) is 0 Å². The smallest absolute Gasteiger partial charge is 0.228 e. The van der Waals surface area contributed by atoms with E-state index in [1.165, 1.54) is 12.4 Å². The molecule has 11 heteroatoms. The number of pyridine rings is 2. The van der Waals surface area contributed by atoms with Crippen molar-refractivity contribution in [2.24, 2.45) is 5.41 Å². The van der Waals surface area contributed by atoms with Crippen LogP contribution in [0.15, 0.2) is 43.1 Å². The van der Waals surface area contributed by atoms with Crippen LogP contribution in [0, 0.1) is 24.0 Å². The van der Waals surface area contributed by atoms with Crippen molar-refractivity contribution in [3.63, 3.8) is 0 Å². The highest BCUT2D eigenvalue weighted by molar-refractivity contribution is 6.03. The molecule has 40 heavy (non-hydrogen) atoms. The molecule has 0 radical (unpaired) electrons. The molecule has 0 aliphatic carbocycles. The van der Waals surface area contributed by atoms with E-state index in [9.17, 15) is 9.18 Å². The Bertz CT molecular complexity index is 1610. The van der Waals surface area contributed by atoms with E-state index in [1.54, 1.807) is 30.4 Å². The van der Waals surface area contributed by atoms with Gasteiger partial charge in [0, 0.05) is 79.5 Å². The minimum Gasteiger partial charge on any atom is -0.378 e. The zero-order valence-electron chi connectivity index (χ0n) is 22.5. The Balaban J connectivity index is 1.54. The highest BCUT2D eigenvalue weighted by Crippen LogP contribution is 2.42. The summed E-state index contributed by atoms with van der Waals surface area (Å²) >= 11 is 0. The van der Waals surface area contributed by atoms with Crippen LogP contribution in [0.2, 0.25) is 0 Å². The van der Waals surface area contributed by atoms with E-state index in [1.807, 2.05) is 19.9 Å². The number of carbonyl (C=O) groups is 1. The molecule has 4 aromatic rings. The molecular weight excluding hydrogens is 516 g/mol. The van der Waals surface area contributed by atoms with Gasteiger partial charge in [-0.05, 0) is 12.3 Å². The molecule has 0 saturated carbocycles. The average Bonchev–Trinajstić information content (AvgIpc) is 3.22. The summed E-state index contributed by atoms with van der Waals surface area (Å²) in [5, 5.41) is 3.56. The Kier molecular flexibility index (Phi) is 6.53. The van der Waals surface area contributed by atoms with Gasteiger partial charge in [-0.25, -0.2) is 28.7 Å². The van der Waals surface area contributed by atoms with Crippen LogP contribution < -0.4 is 15.1 Å². The van der Waals surface area contributed by atoms with Crippen LogP contribution in [0.3, 0.4) is 0 Å². The molecular formula is C29H29F2N7O2. The number of hydrogen-bond acceptors (Lipinski definition) is 8. The normalized spacial score (nSPS) is 17.1.